The van der Waals surface area contributed by atoms with Crippen LogP contribution in [0, 0.1) is 46.3 Å². The van der Waals surface area contributed by atoms with E-state index < -0.39 is 12.0 Å². The minimum absolute atomic E-state index is 0.135. The molecule has 4 rings (SSSR count). The molecule has 0 bridgehead atoms. The summed E-state index contributed by atoms with van der Waals surface area (Å²) < 4.78 is 0.406. The van der Waals surface area contributed by atoms with E-state index in [4.69, 9.17) is 0 Å². The number of carboxylic acids is 1. The Bertz CT molecular complexity index is 821. The number of carboxylic acid groups (broad SMARTS) is 1. The van der Waals surface area contributed by atoms with Crippen molar-refractivity contribution < 1.29 is 19.2 Å². The highest BCUT2D eigenvalue weighted by Crippen LogP contribution is 2.68. The molecule has 4 aliphatic rings. The van der Waals surface area contributed by atoms with Crippen LogP contribution in [-0.4, -0.2) is 55.2 Å². The van der Waals surface area contributed by atoms with Crippen molar-refractivity contribution in [3.05, 3.63) is 0 Å². The second kappa shape index (κ2) is 11.2. The van der Waals surface area contributed by atoms with Gasteiger partial charge < -0.3 is 14.9 Å². The molecule has 0 aliphatic heterocycles. The number of carbonyl (C=O) groups is 2. The van der Waals surface area contributed by atoms with Gasteiger partial charge in [0.15, 0.2) is 6.04 Å². The van der Waals surface area contributed by atoms with E-state index in [0.717, 1.165) is 36.0 Å². The second-order valence-electron chi connectivity index (χ2n) is 15.1. The van der Waals surface area contributed by atoms with Crippen LogP contribution in [0.5, 0.6) is 0 Å². The third-order valence-corrected chi connectivity index (χ3v) is 12.4. The summed E-state index contributed by atoms with van der Waals surface area (Å²) in [6.45, 7) is 8.29. The second-order valence-corrected chi connectivity index (χ2v) is 15.1. The predicted molar refractivity (Wildman–Crippen MR) is 150 cm³/mol. The number of hydrogen-bond donors (Lipinski definition) is 2. The van der Waals surface area contributed by atoms with Gasteiger partial charge in [0, 0.05) is 19.4 Å². The Morgan fingerprint density at radius 2 is 1.65 bits per heavy atom. The Hall–Kier alpha value is -1.10. The highest BCUT2D eigenvalue weighted by Gasteiger charge is 2.60. The van der Waals surface area contributed by atoms with Crippen molar-refractivity contribution in [2.75, 3.05) is 27.7 Å². The molecule has 4 aliphatic carbocycles. The predicted octanol–water partition coefficient (Wildman–Crippen LogP) is 6.51. The third-order valence-electron chi connectivity index (χ3n) is 12.4. The number of quaternary nitrogens is 1. The average Bonchev–Trinajstić information content (AvgIpc) is 3.18. The molecule has 4 saturated carbocycles. The largest absolute Gasteiger partial charge is 0.477 e. The van der Waals surface area contributed by atoms with Crippen molar-refractivity contribution in [2.45, 2.75) is 117 Å². The van der Waals surface area contributed by atoms with Crippen molar-refractivity contribution >= 4 is 11.9 Å². The standard InChI is InChI=1S/C32H56N2O3/c1-22(12-17-29(35)33-21-9-11-28(30(36)37)34(4,5)6)25-15-16-26-24-14-13-23-10-7-8-19-31(23,2)27(24)18-20-32(25,26)3/h22-28H,7-21H2,1-6H3,(H-,33,35,36,37)/p+1/t22-,23?,24?,25-,26?,27?,28?,31+,32-/m1/s1. The van der Waals surface area contributed by atoms with Gasteiger partial charge in [-0.25, -0.2) is 4.79 Å². The van der Waals surface area contributed by atoms with Gasteiger partial charge in [0.05, 0.1) is 21.1 Å². The van der Waals surface area contributed by atoms with E-state index in [1.165, 1.54) is 64.2 Å². The molecule has 0 aromatic heterocycles. The number of rotatable bonds is 10. The Morgan fingerprint density at radius 1 is 0.919 bits per heavy atom. The van der Waals surface area contributed by atoms with Gasteiger partial charge in [-0.3, -0.25) is 4.79 Å². The molecule has 5 nitrogen and oxygen atoms in total. The molecule has 5 heteroatoms. The SMILES string of the molecule is C[C@H](CCC(=O)NCCCC(C(=O)O)[N+](C)(C)C)[C@H]1CCC2C3CCC4CCCC[C@]4(C)C3CC[C@@]21C. The Kier molecular flexibility index (Phi) is 8.73. The lowest BCUT2D eigenvalue weighted by molar-refractivity contribution is -0.887. The van der Waals surface area contributed by atoms with Crippen molar-refractivity contribution in [3.8, 4) is 0 Å². The van der Waals surface area contributed by atoms with Gasteiger partial charge in [0.1, 0.15) is 0 Å². The fourth-order valence-corrected chi connectivity index (χ4v) is 10.3. The lowest BCUT2D eigenvalue weighted by Crippen LogP contribution is -2.53. The first-order chi connectivity index (χ1) is 17.4. The molecule has 0 aromatic carbocycles. The van der Waals surface area contributed by atoms with Crippen LogP contribution in [0.15, 0.2) is 0 Å². The van der Waals surface area contributed by atoms with Gasteiger partial charge in [-0.05, 0) is 111 Å². The van der Waals surface area contributed by atoms with Crippen LogP contribution >= 0.6 is 0 Å². The summed E-state index contributed by atoms with van der Waals surface area (Å²) in [5.74, 6) is 4.52. The van der Waals surface area contributed by atoms with Crippen LogP contribution in [0.3, 0.4) is 0 Å². The molecule has 2 N–H and O–H groups in total. The number of fused-ring (bicyclic) bond motifs is 5. The first-order valence-corrected chi connectivity index (χ1v) is 15.7. The van der Waals surface area contributed by atoms with Gasteiger partial charge in [-0.15, -0.1) is 0 Å². The number of likely N-dealkylation sites (N-methyl/N-ethyl adjacent to an activating group) is 1. The smallest absolute Gasteiger partial charge is 0.362 e. The normalized spacial score (nSPS) is 39.1. The summed E-state index contributed by atoms with van der Waals surface area (Å²) in [5.41, 5.74) is 1.08. The van der Waals surface area contributed by atoms with Crippen LogP contribution in [0.2, 0.25) is 0 Å². The van der Waals surface area contributed by atoms with Crippen molar-refractivity contribution in [2.24, 2.45) is 46.3 Å². The monoisotopic (exact) mass is 517 g/mol. The molecule has 212 valence electrons. The lowest BCUT2D eigenvalue weighted by Gasteiger charge is -2.61. The van der Waals surface area contributed by atoms with Gasteiger partial charge in [-0.2, -0.15) is 0 Å². The first kappa shape index (κ1) is 28.9. The van der Waals surface area contributed by atoms with E-state index in [9.17, 15) is 14.7 Å². The molecule has 0 aromatic rings. The number of amides is 1. The van der Waals surface area contributed by atoms with Crippen molar-refractivity contribution in [3.63, 3.8) is 0 Å². The molecular formula is C32H57N2O3+. The summed E-state index contributed by atoms with van der Waals surface area (Å²) in [4.78, 5) is 24.2. The lowest BCUT2D eigenvalue weighted by atomic mass is 9.44. The molecular weight excluding hydrogens is 460 g/mol. The summed E-state index contributed by atoms with van der Waals surface area (Å²) in [5, 5.41) is 12.6. The Balaban J connectivity index is 1.25. The number of carbonyl (C=O) groups excluding carboxylic acids is 1. The zero-order valence-electron chi connectivity index (χ0n) is 24.9. The molecule has 0 spiro atoms. The molecule has 0 radical (unpaired) electrons. The molecule has 5 unspecified atom stereocenters. The van der Waals surface area contributed by atoms with Crippen molar-refractivity contribution in [1.82, 2.24) is 5.32 Å². The molecule has 0 heterocycles. The maximum absolute atomic E-state index is 12.6. The van der Waals surface area contributed by atoms with Crippen LogP contribution in [0.1, 0.15) is 111 Å². The quantitative estimate of drug-likeness (QED) is 0.256. The van der Waals surface area contributed by atoms with E-state index in [0.29, 0.717) is 47.0 Å². The zero-order valence-corrected chi connectivity index (χ0v) is 24.9. The summed E-state index contributed by atoms with van der Waals surface area (Å²) >= 11 is 0. The molecule has 1 amide bonds. The number of hydrogen-bond acceptors (Lipinski definition) is 2. The van der Waals surface area contributed by atoms with E-state index in [1.54, 1.807) is 0 Å². The van der Waals surface area contributed by atoms with Gasteiger partial charge in [0.25, 0.3) is 0 Å². The highest BCUT2D eigenvalue weighted by atomic mass is 16.4. The summed E-state index contributed by atoms with van der Waals surface area (Å²) in [6.07, 6.45) is 17.3. The minimum Gasteiger partial charge on any atom is -0.477 e. The minimum atomic E-state index is -0.758. The van der Waals surface area contributed by atoms with Crippen LogP contribution in [0.25, 0.3) is 0 Å². The summed E-state index contributed by atoms with van der Waals surface area (Å²) in [7, 11) is 5.75. The van der Waals surface area contributed by atoms with Gasteiger partial charge in [-0.1, -0.05) is 33.6 Å². The van der Waals surface area contributed by atoms with E-state index in [1.807, 2.05) is 21.1 Å². The summed E-state index contributed by atoms with van der Waals surface area (Å²) in [6, 6.07) is -0.432. The van der Waals surface area contributed by atoms with Gasteiger partial charge >= 0.3 is 5.97 Å². The topological polar surface area (TPSA) is 66.4 Å². The van der Waals surface area contributed by atoms with Crippen LogP contribution < -0.4 is 5.32 Å². The number of nitrogens with one attached hydrogen (secondary N) is 1. The third kappa shape index (κ3) is 5.77. The maximum Gasteiger partial charge on any atom is 0.362 e. The van der Waals surface area contributed by atoms with E-state index in [-0.39, 0.29) is 5.91 Å². The molecule has 0 saturated heterocycles. The first-order valence-electron chi connectivity index (χ1n) is 15.7. The Labute approximate surface area is 227 Å². The van der Waals surface area contributed by atoms with Crippen LogP contribution in [-0.2, 0) is 9.59 Å². The molecule has 9 atom stereocenters. The van der Waals surface area contributed by atoms with E-state index in [2.05, 4.69) is 26.1 Å². The maximum atomic E-state index is 12.6. The number of aliphatic carboxylic acids is 1. The zero-order chi connectivity index (χ0) is 27.0. The van der Waals surface area contributed by atoms with Crippen LogP contribution in [0.4, 0.5) is 0 Å². The van der Waals surface area contributed by atoms with Crippen molar-refractivity contribution in [1.29, 1.82) is 0 Å². The molecule has 37 heavy (non-hydrogen) atoms. The fraction of sp³-hybridized carbons (Fsp3) is 0.938. The highest BCUT2D eigenvalue weighted by molar-refractivity contribution is 5.75. The molecule has 4 fully saturated rings. The van der Waals surface area contributed by atoms with Gasteiger partial charge in [0.2, 0.25) is 5.91 Å². The fourth-order valence-electron chi connectivity index (χ4n) is 10.3. The van der Waals surface area contributed by atoms with E-state index >= 15 is 0 Å². The average molecular weight is 518 g/mol. The Morgan fingerprint density at radius 3 is 2.35 bits per heavy atom. The number of nitrogens with zero attached hydrogens (tertiary/aromatic N) is 1.